The average molecular weight is 1470 g/mol. The van der Waals surface area contributed by atoms with Crippen molar-refractivity contribution in [2.24, 2.45) is 0 Å². The summed E-state index contributed by atoms with van der Waals surface area (Å²) in [6.45, 7) is 4.44. The van der Waals surface area contributed by atoms with Crippen LogP contribution in [0.2, 0.25) is 0 Å². The number of ether oxygens (including phenoxy) is 4. The van der Waals surface area contributed by atoms with E-state index in [0.717, 1.165) is 148 Å². The SMILES string of the molecule is CC/C=C\C/C=C\C/C=C\C/C=C\C/C=C\CC(=O)OC(COC(=O)CCCCCCCC/C=C\C/C=C\C/C=C\CCCCC)COP(=O)(O)OCC(O)COP(=O)(O)OCC(COC(=O)CCCC/C=C\C/C=C\C/C=C\C/C=C\CC)OC(=O)CCCCCCCCCCCCCCC. The smallest absolute Gasteiger partial charge is 0.462 e. The van der Waals surface area contributed by atoms with E-state index in [2.05, 4.69) is 149 Å². The minimum Gasteiger partial charge on any atom is -0.462 e. The van der Waals surface area contributed by atoms with Crippen LogP contribution in [0.15, 0.2) is 146 Å². The van der Waals surface area contributed by atoms with Crippen molar-refractivity contribution in [1.29, 1.82) is 0 Å². The Balaban J connectivity index is 5.45. The minimum absolute atomic E-state index is 0.0824. The fraction of sp³-hybridized carbons (Fsp3) is 0.663. The first-order chi connectivity index (χ1) is 49.7. The highest BCUT2D eigenvalue weighted by atomic mass is 31.2. The molecule has 0 rings (SSSR count). The molecule has 0 amide bonds. The molecule has 0 aromatic heterocycles. The molecule has 0 saturated carbocycles. The molecule has 0 aliphatic rings. The summed E-state index contributed by atoms with van der Waals surface area (Å²) >= 11 is 0. The molecule has 5 atom stereocenters. The summed E-state index contributed by atoms with van der Waals surface area (Å²) < 4.78 is 68.3. The predicted octanol–water partition coefficient (Wildman–Crippen LogP) is 22.7. The van der Waals surface area contributed by atoms with Crippen LogP contribution in [0, 0.1) is 0 Å². The monoisotopic (exact) mass is 1470 g/mol. The van der Waals surface area contributed by atoms with E-state index in [-0.39, 0.29) is 25.7 Å². The fourth-order valence-corrected chi connectivity index (χ4v) is 11.5. The van der Waals surface area contributed by atoms with Crippen LogP contribution in [-0.4, -0.2) is 96.7 Å². The van der Waals surface area contributed by atoms with Crippen molar-refractivity contribution in [3.8, 4) is 0 Å². The number of esters is 4. The summed E-state index contributed by atoms with van der Waals surface area (Å²) in [5.74, 6) is -2.39. The molecule has 0 bridgehead atoms. The minimum atomic E-state index is -5.01. The maximum absolute atomic E-state index is 13.1. The van der Waals surface area contributed by atoms with E-state index < -0.39 is 97.5 Å². The van der Waals surface area contributed by atoms with Gasteiger partial charge >= 0.3 is 39.5 Å². The third-order valence-electron chi connectivity index (χ3n) is 15.8. The van der Waals surface area contributed by atoms with E-state index in [1.165, 1.54) is 70.6 Å². The van der Waals surface area contributed by atoms with Crippen LogP contribution in [0.3, 0.4) is 0 Å². The first-order valence-corrected chi connectivity index (χ1v) is 42.1. The Labute approximate surface area is 617 Å². The zero-order valence-electron chi connectivity index (χ0n) is 63.5. The highest BCUT2D eigenvalue weighted by Crippen LogP contribution is 2.45. The number of hydrogen-bond donors (Lipinski definition) is 3. The largest absolute Gasteiger partial charge is 0.472 e. The van der Waals surface area contributed by atoms with E-state index in [4.69, 9.17) is 37.0 Å². The number of phosphoric ester groups is 2. The van der Waals surface area contributed by atoms with E-state index in [1.54, 1.807) is 12.2 Å². The van der Waals surface area contributed by atoms with Gasteiger partial charge in [0.15, 0.2) is 12.2 Å². The summed E-state index contributed by atoms with van der Waals surface area (Å²) in [5.41, 5.74) is 0. The van der Waals surface area contributed by atoms with E-state index >= 15 is 0 Å². The number of aliphatic hydroxyl groups excluding tert-OH is 1. The van der Waals surface area contributed by atoms with Gasteiger partial charge in [-0.2, -0.15) is 0 Å². The molecular formula is C83H138O17P2. The highest BCUT2D eigenvalue weighted by molar-refractivity contribution is 7.47. The van der Waals surface area contributed by atoms with Crippen molar-refractivity contribution in [2.45, 2.75) is 316 Å². The quantitative estimate of drug-likeness (QED) is 0.0169. The Morgan fingerprint density at radius 3 is 0.912 bits per heavy atom. The maximum atomic E-state index is 13.1. The first kappa shape index (κ1) is 96.9. The fourth-order valence-electron chi connectivity index (χ4n) is 9.94. The second-order valence-corrected chi connectivity index (χ2v) is 28.5. The van der Waals surface area contributed by atoms with Crippen molar-refractivity contribution in [3.63, 3.8) is 0 Å². The highest BCUT2D eigenvalue weighted by Gasteiger charge is 2.30. The third kappa shape index (κ3) is 73.3. The number of unbranched alkanes of at least 4 members (excludes halogenated alkanes) is 23. The van der Waals surface area contributed by atoms with Crippen LogP contribution in [-0.2, 0) is 65.4 Å². The molecule has 19 heteroatoms. The summed E-state index contributed by atoms with van der Waals surface area (Å²) in [4.78, 5) is 72.9. The normalized spacial score (nSPS) is 14.7. The molecule has 17 nitrogen and oxygen atoms in total. The zero-order valence-corrected chi connectivity index (χ0v) is 65.3. The molecule has 0 spiro atoms. The number of allylic oxidation sites excluding steroid dienone is 23. The maximum Gasteiger partial charge on any atom is 0.472 e. The molecule has 0 aromatic rings. The van der Waals surface area contributed by atoms with E-state index in [0.29, 0.717) is 25.7 Å². The number of rotatable bonds is 72. The number of carbonyl (C=O) groups excluding carboxylic acids is 4. The molecular weight excluding hydrogens is 1330 g/mol. The van der Waals surface area contributed by atoms with E-state index in [9.17, 15) is 43.2 Å². The van der Waals surface area contributed by atoms with Crippen LogP contribution in [0.5, 0.6) is 0 Å². The predicted molar refractivity (Wildman–Crippen MR) is 417 cm³/mol. The second-order valence-electron chi connectivity index (χ2n) is 25.6. The molecule has 3 N–H and O–H groups in total. The summed E-state index contributed by atoms with van der Waals surface area (Å²) in [5, 5.41) is 10.6. The molecule has 0 aliphatic carbocycles. The van der Waals surface area contributed by atoms with Crippen LogP contribution >= 0.6 is 15.6 Å². The lowest BCUT2D eigenvalue weighted by atomic mass is 10.0. The summed E-state index contributed by atoms with van der Waals surface area (Å²) in [6, 6.07) is 0. The van der Waals surface area contributed by atoms with Gasteiger partial charge in [-0.15, -0.1) is 0 Å². The molecule has 102 heavy (non-hydrogen) atoms. The molecule has 0 aliphatic heterocycles. The van der Waals surface area contributed by atoms with Gasteiger partial charge in [0.25, 0.3) is 0 Å². The van der Waals surface area contributed by atoms with Gasteiger partial charge in [0.2, 0.25) is 0 Å². The number of hydrogen-bond acceptors (Lipinski definition) is 15. The number of carbonyl (C=O) groups is 4. The van der Waals surface area contributed by atoms with Crippen molar-refractivity contribution in [2.75, 3.05) is 39.6 Å². The average Bonchev–Trinajstić information content (AvgIpc) is 0.907. The van der Waals surface area contributed by atoms with Crippen molar-refractivity contribution in [3.05, 3.63) is 146 Å². The Morgan fingerprint density at radius 1 is 0.294 bits per heavy atom. The first-order valence-electron chi connectivity index (χ1n) is 39.1. The van der Waals surface area contributed by atoms with Crippen molar-refractivity contribution < 1.29 is 80.2 Å². The lowest BCUT2D eigenvalue weighted by Gasteiger charge is -2.21. The van der Waals surface area contributed by atoms with E-state index in [1.807, 2.05) is 12.2 Å². The second kappa shape index (κ2) is 74.2. The molecule has 0 radical (unpaired) electrons. The van der Waals surface area contributed by atoms with Gasteiger partial charge < -0.3 is 33.8 Å². The topological polar surface area (TPSA) is 237 Å². The van der Waals surface area contributed by atoms with Gasteiger partial charge in [-0.25, -0.2) is 9.13 Å². The molecule has 0 heterocycles. The molecule has 582 valence electrons. The van der Waals surface area contributed by atoms with Gasteiger partial charge in [-0.3, -0.25) is 37.3 Å². The number of phosphoric acid groups is 2. The number of aliphatic hydroxyl groups is 1. The van der Waals surface area contributed by atoms with Crippen LogP contribution in [0.25, 0.3) is 0 Å². The lowest BCUT2D eigenvalue weighted by Crippen LogP contribution is -2.30. The summed E-state index contributed by atoms with van der Waals surface area (Å²) in [6.07, 6.45) is 84.4. The Kier molecular flexibility index (Phi) is 70.5. The Bertz CT molecular complexity index is 2510. The Hall–Kier alpha value is -5.06. The molecule has 0 fully saturated rings. The van der Waals surface area contributed by atoms with Gasteiger partial charge in [0, 0.05) is 19.3 Å². The van der Waals surface area contributed by atoms with Crippen LogP contribution in [0.1, 0.15) is 297 Å². The van der Waals surface area contributed by atoms with Gasteiger partial charge in [-0.1, -0.05) is 289 Å². The van der Waals surface area contributed by atoms with Gasteiger partial charge in [0.05, 0.1) is 32.8 Å². The van der Waals surface area contributed by atoms with Gasteiger partial charge in [-0.05, 0) is 128 Å². The molecule has 0 saturated heterocycles. The molecule has 5 unspecified atom stereocenters. The van der Waals surface area contributed by atoms with Gasteiger partial charge in [0.1, 0.15) is 19.3 Å². The summed E-state index contributed by atoms with van der Waals surface area (Å²) in [7, 11) is -10.0. The lowest BCUT2D eigenvalue weighted by molar-refractivity contribution is -0.161. The third-order valence-corrected chi connectivity index (χ3v) is 17.7. The van der Waals surface area contributed by atoms with Crippen LogP contribution in [0.4, 0.5) is 0 Å². The zero-order chi connectivity index (χ0) is 74.6. The van der Waals surface area contributed by atoms with Crippen molar-refractivity contribution in [1.82, 2.24) is 0 Å². The molecule has 0 aromatic carbocycles. The van der Waals surface area contributed by atoms with Crippen LogP contribution < -0.4 is 0 Å². The standard InChI is InChI=1S/C83H138O17P2/c1-5-9-13-17-21-25-29-33-36-37-38-39-42-45-48-52-56-60-64-68-81(86)94-74-79(100-83(88)70-66-62-58-54-50-46-41-35-31-27-23-19-15-11-7-3)76-98-102(91,92)96-72-77(84)71-95-101(89,90)97-75-78(99-82(87)69-65-61-57-53-49-43-32-28-24-20-16-12-8-4)73-93-80(85)67-63-59-55-51-47-44-40-34-30-26-22-18-14-10-6-2/h10-11,14-15,21-23,25-27,33-36,38-41,47,50-51,54,62,66,77-79,84H,5-9,12-13,16-20,24,28-32,37,42-46,48-49,52-53,55-61,63-65,67-76H2,1-4H3,(H,89,90)(H,91,92)/b14-10-,15-11-,25-21-,26-22-,27-23-,36-33-,39-38-,40-34-,41-35-,51-47-,54-50-,66-62-. The Morgan fingerprint density at radius 2 is 0.549 bits per heavy atom. The van der Waals surface area contributed by atoms with Crippen molar-refractivity contribution >= 4 is 39.5 Å².